The number of anilines is 3. The molecule has 3 amide bonds. The summed E-state index contributed by atoms with van der Waals surface area (Å²) in [6.45, 7) is 3.37. The number of aromatic nitrogens is 2. The SMILES string of the molecule is CN(C)C(=O)NC1CCCN(c2cnc(C(N)=O)c(Nc3ccc(C4CCNCC4)cc3Cl)n2)C1. The summed E-state index contributed by atoms with van der Waals surface area (Å²) in [5, 5.41) is 10.1. The molecule has 2 saturated heterocycles. The van der Waals surface area contributed by atoms with Crippen LogP contribution in [0.25, 0.3) is 0 Å². The molecule has 188 valence electrons. The molecule has 1 aromatic heterocycles. The van der Waals surface area contributed by atoms with Crippen molar-refractivity contribution in [2.75, 3.05) is 50.5 Å². The van der Waals surface area contributed by atoms with Crippen LogP contribution in [0.1, 0.15) is 47.7 Å². The molecule has 0 aliphatic carbocycles. The number of halogens is 1. The van der Waals surface area contributed by atoms with Crippen molar-refractivity contribution in [2.24, 2.45) is 5.73 Å². The Morgan fingerprint density at radius 1 is 1.23 bits per heavy atom. The number of nitrogens with two attached hydrogens (primary N) is 1. The molecule has 0 saturated carbocycles. The van der Waals surface area contributed by atoms with Gasteiger partial charge in [-0.1, -0.05) is 17.7 Å². The predicted molar refractivity (Wildman–Crippen MR) is 138 cm³/mol. The number of piperidine rings is 2. The zero-order chi connectivity index (χ0) is 24.9. The third-order valence-corrected chi connectivity index (χ3v) is 6.84. The average molecular weight is 501 g/mol. The average Bonchev–Trinajstić information content (AvgIpc) is 2.85. The van der Waals surface area contributed by atoms with Gasteiger partial charge in [0.2, 0.25) is 0 Å². The highest BCUT2D eigenvalue weighted by Crippen LogP contribution is 2.33. The van der Waals surface area contributed by atoms with Crippen LogP contribution in [0, 0.1) is 0 Å². The second-order valence-electron chi connectivity index (χ2n) is 9.31. The number of amides is 3. The number of rotatable bonds is 6. The Morgan fingerprint density at radius 3 is 2.69 bits per heavy atom. The van der Waals surface area contributed by atoms with E-state index in [2.05, 4.69) is 36.9 Å². The molecule has 3 heterocycles. The van der Waals surface area contributed by atoms with E-state index >= 15 is 0 Å². The fourth-order valence-corrected chi connectivity index (χ4v) is 4.81. The highest BCUT2D eigenvalue weighted by atomic mass is 35.5. The maximum Gasteiger partial charge on any atom is 0.317 e. The van der Waals surface area contributed by atoms with E-state index in [4.69, 9.17) is 17.3 Å². The Labute approximate surface area is 210 Å². The minimum absolute atomic E-state index is 0.00958. The van der Waals surface area contributed by atoms with Crippen molar-refractivity contribution in [3.8, 4) is 0 Å². The van der Waals surface area contributed by atoms with Gasteiger partial charge in [-0.25, -0.2) is 14.8 Å². The Balaban J connectivity index is 1.54. The number of benzene rings is 1. The van der Waals surface area contributed by atoms with Crippen molar-refractivity contribution in [3.63, 3.8) is 0 Å². The smallest absolute Gasteiger partial charge is 0.317 e. The monoisotopic (exact) mass is 500 g/mol. The molecule has 11 heteroatoms. The van der Waals surface area contributed by atoms with E-state index in [1.54, 1.807) is 20.3 Å². The summed E-state index contributed by atoms with van der Waals surface area (Å²) in [6.07, 6.45) is 5.48. The number of nitrogens with zero attached hydrogens (tertiary/aromatic N) is 4. The van der Waals surface area contributed by atoms with Crippen LogP contribution < -0.4 is 26.6 Å². The lowest BCUT2D eigenvalue weighted by atomic mass is 9.90. The number of urea groups is 1. The van der Waals surface area contributed by atoms with Crippen LogP contribution in [0.2, 0.25) is 5.02 Å². The molecule has 5 N–H and O–H groups in total. The summed E-state index contributed by atoms with van der Waals surface area (Å²) in [7, 11) is 3.43. The van der Waals surface area contributed by atoms with Crippen molar-refractivity contribution in [1.82, 2.24) is 25.5 Å². The Hall–Kier alpha value is -3.11. The normalized spacial score (nSPS) is 18.7. The van der Waals surface area contributed by atoms with Gasteiger partial charge in [-0.05, 0) is 62.4 Å². The first-order valence-corrected chi connectivity index (χ1v) is 12.4. The van der Waals surface area contributed by atoms with E-state index in [9.17, 15) is 9.59 Å². The third-order valence-electron chi connectivity index (χ3n) is 6.53. The van der Waals surface area contributed by atoms with Crippen molar-refractivity contribution >= 4 is 40.9 Å². The summed E-state index contributed by atoms with van der Waals surface area (Å²) < 4.78 is 0. The molecule has 0 bridgehead atoms. The van der Waals surface area contributed by atoms with Crippen molar-refractivity contribution in [1.29, 1.82) is 0 Å². The molecule has 1 unspecified atom stereocenters. The summed E-state index contributed by atoms with van der Waals surface area (Å²) in [5.41, 5.74) is 7.46. The van der Waals surface area contributed by atoms with Gasteiger partial charge in [0.1, 0.15) is 5.82 Å². The minimum Gasteiger partial charge on any atom is -0.364 e. The molecule has 35 heavy (non-hydrogen) atoms. The van der Waals surface area contributed by atoms with Crippen molar-refractivity contribution < 1.29 is 9.59 Å². The number of primary amides is 1. The molecule has 10 nitrogen and oxygen atoms in total. The van der Waals surface area contributed by atoms with E-state index in [1.165, 1.54) is 10.5 Å². The third kappa shape index (κ3) is 6.12. The van der Waals surface area contributed by atoms with Crippen LogP contribution >= 0.6 is 11.6 Å². The molecule has 2 fully saturated rings. The summed E-state index contributed by atoms with van der Waals surface area (Å²) in [4.78, 5) is 36.7. The fourth-order valence-electron chi connectivity index (χ4n) is 4.58. The first-order valence-electron chi connectivity index (χ1n) is 12.0. The van der Waals surface area contributed by atoms with Gasteiger partial charge >= 0.3 is 6.03 Å². The zero-order valence-corrected chi connectivity index (χ0v) is 20.9. The van der Waals surface area contributed by atoms with Crippen molar-refractivity contribution in [2.45, 2.75) is 37.6 Å². The van der Waals surface area contributed by atoms with Crippen LogP contribution in [0.5, 0.6) is 0 Å². The molecular weight excluding hydrogens is 468 g/mol. The van der Waals surface area contributed by atoms with Gasteiger partial charge in [0.05, 0.1) is 16.9 Å². The van der Waals surface area contributed by atoms with Crippen LogP contribution in [0.3, 0.4) is 0 Å². The van der Waals surface area contributed by atoms with E-state index in [1.807, 2.05) is 12.1 Å². The molecule has 2 aliphatic heterocycles. The van der Waals surface area contributed by atoms with E-state index in [0.717, 1.165) is 45.3 Å². The largest absolute Gasteiger partial charge is 0.364 e. The molecule has 1 aromatic carbocycles. The Bertz CT molecular complexity index is 1070. The molecule has 0 spiro atoms. The van der Waals surface area contributed by atoms with E-state index in [-0.39, 0.29) is 23.6 Å². The van der Waals surface area contributed by atoms with Gasteiger partial charge < -0.3 is 31.5 Å². The number of nitrogens with one attached hydrogen (secondary N) is 3. The van der Waals surface area contributed by atoms with Gasteiger partial charge in [-0.15, -0.1) is 0 Å². The van der Waals surface area contributed by atoms with Gasteiger partial charge in [0.15, 0.2) is 11.5 Å². The quantitative estimate of drug-likeness (QED) is 0.480. The van der Waals surface area contributed by atoms with E-state index < -0.39 is 5.91 Å². The zero-order valence-electron chi connectivity index (χ0n) is 20.2. The van der Waals surface area contributed by atoms with Crippen LogP contribution in [-0.4, -0.2) is 73.1 Å². The van der Waals surface area contributed by atoms with Gasteiger partial charge in [0.25, 0.3) is 5.91 Å². The maximum absolute atomic E-state index is 12.1. The van der Waals surface area contributed by atoms with Gasteiger partial charge in [-0.2, -0.15) is 0 Å². The molecule has 1 atom stereocenters. The second-order valence-corrected chi connectivity index (χ2v) is 9.71. The van der Waals surface area contributed by atoms with Crippen LogP contribution in [0.15, 0.2) is 24.4 Å². The molecule has 0 radical (unpaired) electrons. The standard InChI is InChI=1S/C24H33ClN8O2/c1-32(2)24(35)29-17-4-3-11-33(14-17)20-13-28-21(22(26)34)23(31-20)30-19-6-5-16(12-18(19)25)15-7-9-27-10-8-15/h5-6,12-13,15,17,27H,3-4,7-11,14H2,1-2H3,(H2,26,34)(H,29,35)(H,30,31). The highest BCUT2D eigenvalue weighted by Gasteiger charge is 2.25. The van der Waals surface area contributed by atoms with Crippen molar-refractivity contribution in [3.05, 3.63) is 40.7 Å². The molecule has 2 aromatic rings. The first kappa shape index (κ1) is 25.0. The van der Waals surface area contributed by atoms with E-state index in [0.29, 0.717) is 29.0 Å². The van der Waals surface area contributed by atoms with Gasteiger partial charge in [-0.3, -0.25) is 4.79 Å². The Morgan fingerprint density at radius 2 is 2.00 bits per heavy atom. The Kier molecular flexibility index (Phi) is 7.92. The predicted octanol–water partition coefficient (Wildman–Crippen LogP) is 2.68. The molecule has 2 aliphatic rings. The second kappa shape index (κ2) is 11.1. The lowest BCUT2D eigenvalue weighted by molar-refractivity contribution is 0.0996. The number of hydrogen-bond donors (Lipinski definition) is 4. The maximum atomic E-state index is 12.1. The van der Waals surface area contributed by atoms with Crippen LogP contribution in [0.4, 0.5) is 22.1 Å². The highest BCUT2D eigenvalue weighted by molar-refractivity contribution is 6.33. The summed E-state index contributed by atoms with van der Waals surface area (Å²) in [6, 6.07) is 5.81. The fraction of sp³-hybridized carbons (Fsp3) is 0.500. The lowest BCUT2D eigenvalue weighted by Crippen LogP contribution is -2.50. The number of carbonyl (C=O) groups is 2. The number of carbonyl (C=O) groups excluding carboxylic acids is 2. The topological polar surface area (TPSA) is 129 Å². The summed E-state index contributed by atoms with van der Waals surface area (Å²) >= 11 is 6.61. The van der Waals surface area contributed by atoms with Gasteiger partial charge in [0, 0.05) is 33.2 Å². The first-order chi connectivity index (χ1) is 16.8. The molecule has 4 rings (SSSR count). The molecular formula is C24H33ClN8O2. The number of hydrogen-bond acceptors (Lipinski definition) is 7. The summed E-state index contributed by atoms with van der Waals surface area (Å²) in [5.74, 6) is 0.658. The minimum atomic E-state index is -0.677. The van der Waals surface area contributed by atoms with Crippen LogP contribution in [-0.2, 0) is 0 Å². The lowest BCUT2D eigenvalue weighted by Gasteiger charge is -2.34.